The van der Waals surface area contributed by atoms with Gasteiger partial charge >= 0.3 is 0 Å². The van der Waals surface area contributed by atoms with E-state index in [-0.39, 0.29) is 0 Å². The Morgan fingerprint density at radius 2 is 2.55 bits per heavy atom. The summed E-state index contributed by atoms with van der Waals surface area (Å²) >= 11 is 0. The standard InChI is InChI=1S/C7H11N3O/c1-5-9-7(10-11-5)6-2-3-8-4-6/h6,8H,2-4H2,1H3. The molecule has 1 atom stereocenters. The zero-order valence-corrected chi connectivity index (χ0v) is 6.50. The molecule has 2 heterocycles. The van der Waals surface area contributed by atoms with E-state index in [1.54, 1.807) is 0 Å². The quantitative estimate of drug-likeness (QED) is 0.636. The lowest BCUT2D eigenvalue weighted by atomic mass is 10.1. The van der Waals surface area contributed by atoms with Crippen LogP contribution in [0.3, 0.4) is 0 Å². The fourth-order valence-corrected chi connectivity index (χ4v) is 1.36. The predicted octanol–water partition coefficient (Wildman–Crippen LogP) is 0.455. The Hall–Kier alpha value is -0.900. The summed E-state index contributed by atoms with van der Waals surface area (Å²) in [6.45, 7) is 3.87. The van der Waals surface area contributed by atoms with Gasteiger partial charge in [0.25, 0.3) is 0 Å². The van der Waals surface area contributed by atoms with Gasteiger partial charge in [0.2, 0.25) is 5.89 Å². The minimum atomic E-state index is 0.465. The molecule has 1 aromatic rings. The number of aromatic nitrogens is 2. The number of hydrogen-bond acceptors (Lipinski definition) is 4. The summed E-state index contributed by atoms with van der Waals surface area (Å²) in [5.74, 6) is 1.98. The van der Waals surface area contributed by atoms with Crippen LogP contribution in [-0.4, -0.2) is 23.2 Å². The zero-order chi connectivity index (χ0) is 7.68. The first kappa shape index (κ1) is 6.79. The van der Waals surface area contributed by atoms with Gasteiger partial charge in [-0.05, 0) is 13.0 Å². The molecule has 0 radical (unpaired) electrons. The molecule has 11 heavy (non-hydrogen) atoms. The molecule has 1 aromatic heterocycles. The van der Waals surface area contributed by atoms with Gasteiger partial charge in [0.1, 0.15) is 0 Å². The molecule has 2 rings (SSSR count). The fourth-order valence-electron chi connectivity index (χ4n) is 1.36. The number of aryl methyl sites for hydroxylation is 1. The highest BCUT2D eigenvalue weighted by molar-refractivity contribution is 4.98. The Labute approximate surface area is 65.0 Å². The Bertz CT molecular complexity index is 240. The normalized spacial score (nSPS) is 24.3. The van der Waals surface area contributed by atoms with Gasteiger partial charge in [-0.1, -0.05) is 5.16 Å². The molecular formula is C7H11N3O. The molecule has 0 aromatic carbocycles. The molecule has 1 saturated heterocycles. The van der Waals surface area contributed by atoms with Crippen LogP contribution in [0, 0.1) is 6.92 Å². The highest BCUT2D eigenvalue weighted by Gasteiger charge is 2.20. The third-order valence-corrected chi connectivity index (χ3v) is 1.97. The van der Waals surface area contributed by atoms with E-state index >= 15 is 0 Å². The molecule has 60 valence electrons. The maximum Gasteiger partial charge on any atom is 0.223 e. The van der Waals surface area contributed by atoms with Crippen molar-refractivity contribution in [2.75, 3.05) is 13.1 Å². The van der Waals surface area contributed by atoms with E-state index in [1.807, 2.05) is 6.92 Å². The van der Waals surface area contributed by atoms with Crippen molar-refractivity contribution in [2.24, 2.45) is 0 Å². The molecule has 1 aliphatic rings. The van der Waals surface area contributed by atoms with Crippen LogP contribution in [0.1, 0.15) is 24.1 Å². The Morgan fingerprint density at radius 1 is 1.64 bits per heavy atom. The van der Waals surface area contributed by atoms with Crippen LogP contribution in [-0.2, 0) is 0 Å². The van der Waals surface area contributed by atoms with Crippen molar-refractivity contribution in [3.8, 4) is 0 Å². The number of nitrogens with one attached hydrogen (secondary N) is 1. The third kappa shape index (κ3) is 1.26. The zero-order valence-electron chi connectivity index (χ0n) is 6.50. The summed E-state index contributed by atoms with van der Waals surface area (Å²) in [7, 11) is 0. The molecule has 1 fully saturated rings. The van der Waals surface area contributed by atoms with E-state index in [1.165, 1.54) is 0 Å². The Balaban J connectivity index is 2.15. The van der Waals surface area contributed by atoms with Gasteiger partial charge in [-0.2, -0.15) is 4.98 Å². The molecule has 0 aliphatic carbocycles. The lowest BCUT2D eigenvalue weighted by Crippen LogP contribution is -2.08. The first-order chi connectivity index (χ1) is 5.36. The highest BCUT2D eigenvalue weighted by Crippen LogP contribution is 2.18. The lowest BCUT2D eigenvalue weighted by molar-refractivity contribution is 0.384. The topological polar surface area (TPSA) is 51.0 Å². The largest absolute Gasteiger partial charge is 0.340 e. The van der Waals surface area contributed by atoms with Crippen LogP contribution >= 0.6 is 0 Å². The van der Waals surface area contributed by atoms with Crippen molar-refractivity contribution in [3.05, 3.63) is 11.7 Å². The third-order valence-electron chi connectivity index (χ3n) is 1.97. The van der Waals surface area contributed by atoms with Crippen LogP contribution in [0.15, 0.2) is 4.52 Å². The smallest absolute Gasteiger partial charge is 0.223 e. The maximum atomic E-state index is 4.89. The first-order valence-corrected chi connectivity index (χ1v) is 3.87. The molecule has 0 spiro atoms. The van der Waals surface area contributed by atoms with Crippen molar-refractivity contribution in [3.63, 3.8) is 0 Å². The van der Waals surface area contributed by atoms with E-state index in [2.05, 4.69) is 15.5 Å². The van der Waals surface area contributed by atoms with E-state index in [0.29, 0.717) is 11.8 Å². The van der Waals surface area contributed by atoms with Gasteiger partial charge in [0.05, 0.1) is 0 Å². The summed E-state index contributed by atoms with van der Waals surface area (Å²) in [4.78, 5) is 4.17. The van der Waals surface area contributed by atoms with E-state index < -0.39 is 0 Å². The summed E-state index contributed by atoms with van der Waals surface area (Å²) in [6, 6.07) is 0. The van der Waals surface area contributed by atoms with Gasteiger partial charge < -0.3 is 9.84 Å². The summed E-state index contributed by atoms with van der Waals surface area (Å²) in [5.41, 5.74) is 0. The second-order valence-electron chi connectivity index (χ2n) is 2.86. The van der Waals surface area contributed by atoms with Crippen molar-refractivity contribution >= 4 is 0 Å². The van der Waals surface area contributed by atoms with Crippen molar-refractivity contribution < 1.29 is 4.52 Å². The van der Waals surface area contributed by atoms with Gasteiger partial charge in [-0.15, -0.1) is 0 Å². The lowest BCUT2D eigenvalue weighted by Gasteiger charge is -1.98. The van der Waals surface area contributed by atoms with Crippen LogP contribution in [0.25, 0.3) is 0 Å². The summed E-state index contributed by atoms with van der Waals surface area (Å²) < 4.78 is 4.89. The summed E-state index contributed by atoms with van der Waals surface area (Å²) in [6.07, 6.45) is 1.12. The Morgan fingerprint density at radius 3 is 3.09 bits per heavy atom. The average molecular weight is 153 g/mol. The van der Waals surface area contributed by atoms with Gasteiger partial charge in [-0.3, -0.25) is 0 Å². The highest BCUT2D eigenvalue weighted by atomic mass is 16.5. The molecule has 4 heteroatoms. The molecule has 1 N–H and O–H groups in total. The van der Waals surface area contributed by atoms with Crippen LogP contribution in [0.5, 0.6) is 0 Å². The average Bonchev–Trinajstić information content (AvgIpc) is 2.55. The molecule has 0 bridgehead atoms. The van der Waals surface area contributed by atoms with Gasteiger partial charge in [0, 0.05) is 19.4 Å². The maximum absolute atomic E-state index is 4.89. The molecule has 1 unspecified atom stereocenters. The van der Waals surface area contributed by atoms with Gasteiger partial charge in [-0.25, -0.2) is 0 Å². The number of hydrogen-bond donors (Lipinski definition) is 1. The SMILES string of the molecule is Cc1nc(C2CCNC2)no1. The monoisotopic (exact) mass is 153 g/mol. The second kappa shape index (κ2) is 2.62. The van der Waals surface area contributed by atoms with E-state index in [4.69, 9.17) is 4.52 Å². The number of rotatable bonds is 1. The van der Waals surface area contributed by atoms with Crippen molar-refractivity contribution in [1.29, 1.82) is 0 Å². The molecule has 0 amide bonds. The Kier molecular flexibility index (Phi) is 1.62. The van der Waals surface area contributed by atoms with Crippen LogP contribution in [0.4, 0.5) is 0 Å². The molecular weight excluding hydrogens is 142 g/mol. The van der Waals surface area contributed by atoms with E-state index in [9.17, 15) is 0 Å². The molecule has 0 saturated carbocycles. The van der Waals surface area contributed by atoms with Crippen molar-refractivity contribution in [1.82, 2.24) is 15.5 Å². The molecule has 4 nitrogen and oxygen atoms in total. The minimum absolute atomic E-state index is 0.465. The van der Waals surface area contributed by atoms with Crippen molar-refractivity contribution in [2.45, 2.75) is 19.3 Å². The number of nitrogens with zero attached hydrogens (tertiary/aromatic N) is 2. The summed E-state index contributed by atoms with van der Waals surface area (Å²) in [5, 5.41) is 7.13. The second-order valence-corrected chi connectivity index (χ2v) is 2.86. The van der Waals surface area contributed by atoms with Gasteiger partial charge in [0.15, 0.2) is 5.82 Å². The fraction of sp³-hybridized carbons (Fsp3) is 0.714. The predicted molar refractivity (Wildman–Crippen MR) is 39.3 cm³/mol. The molecule has 1 aliphatic heterocycles. The minimum Gasteiger partial charge on any atom is -0.340 e. The van der Waals surface area contributed by atoms with E-state index in [0.717, 1.165) is 25.3 Å². The van der Waals surface area contributed by atoms with Crippen LogP contribution in [0.2, 0.25) is 0 Å². The van der Waals surface area contributed by atoms with Crippen LogP contribution < -0.4 is 5.32 Å². The first-order valence-electron chi connectivity index (χ1n) is 3.87.